The standard InChI is InChI=1S/C16H24FNO/c1-2-12-4-3-5-15(10-12)19-11-16(18)13-6-8-14(17)9-7-13/h6-9,12,15-16H,2-5,10-11,18H2,1H3. The summed E-state index contributed by atoms with van der Waals surface area (Å²) in [6.07, 6.45) is 6.49. The zero-order valence-corrected chi connectivity index (χ0v) is 11.6. The maximum absolute atomic E-state index is 12.8. The van der Waals surface area contributed by atoms with Gasteiger partial charge in [0, 0.05) is 0 Å². The number of rotatable bonds is 5. The van der Waals surface area contributed by atoms with Gasteiger partial charge >= 0.3 is 0 Å². The van der Waals surface area contributed by atoms with Crippen molar-refractivity contribution in [2.45, 2.75) is 51.2 Å². The van der Waals surface area contributed by atoms with Crippen LogP contribution >= 0.6 is 0 Å². The molecule has 1 aromatic carbocycles. The highest BCUT2D eigenvalue weighted by Crippen LogP contribution is 2.28. The molecule has 0 aliphatic heterocycles. The van der Waals surface area contributed by atoms with Crippen LogP contribution in [0.1, 0.15) is 50.6 Å². The van der Waals surface area contributed by atoms with Crippen LogP contribution in [-0.2, 0) is 4.74 Å². The molecule has 106 valence electrons. The quantitative estimate of drug-likeness (QED) is 0.878. The van der Waals surface area contributed by atoms with E-state index < -0.39 is 0 Å². The van der Waals surface area contributed by atoms with Crippen molar-refractivity contribution >= 4 is 0 Å². The summed E-state index contributed by atoms with van der Waals surface area (Å²) in [5.74, 6) is 0.579. The molecule has 1 aliphatic rings. The maximum Gasteiger partial charge on any atom is 0.123 e. The van der Waals surface area contributed by atoms with Gasteiger partial charge in [-0.2, -0.15) is 0 Å². The highest BCUT2D eigenvalue weighted by atomic mass is 19.1. The van der Waals surface area contributed by atoms with E-state index in [0.29, 0.717) is 12.7 Å². The van der Waals surface area contributed by atoms with E-state index in [2.05, 4.69) is 6.92 Å². The largest absolute Gasteiger partial charge is 0.376 e. The molecule has 3 atom stereocenters. The lowest BCUT2D eigenvalue weighted by Crippen LogP contribution is -2.26. The highest BCUT2D eigenvalue weighted by Gasteiger charge is 2.21. The first-order valence-electron chi connectivity index (χ1n) is 7.31. The Hall–Kier alpha value is -0.930. The maximum atomic E-state index is 12.8. The van der Waals surface area contributed by atoms with Crippen LogP contribution in [0.25, 0.3) is 0 Å². The fourth-order valence-corrected chi connectivity index (χ4v) is 2.81. The van der Waals surface area contributed by atoms with Crippen LogP contribution < -0.4 is 5.73 Å². The summed E-state index contributed by atoms with van der Waals surface area (Å²) in [7, 11) is 0. The molecule has 1 aromatic rings. The van der Waals surface area contributed by atoms with E-state index >= 15 is 0 Å². The molecule has 2 N–H and O–H groups in total. The average Bonchev–Trinajstić information content (AvgIpc) is 2.46. The third-order valence-corrected chi connectivity index (χ3v) is 4.12. The number of hydrogen-bond acceptors (Lipinski definition) is 2. The normalized spacial score (nSPS) is 25.2. The fraction of sp³-hybridized carbons (Fsp3) is 0.625. The van der Waals surface area contributed by atoms with Gasteiger partial charge in [-0.15, -0.1) is 0 Å². The minimum absolute atomic E-state index is 0.164. The number of nitrogens with two attached hydrogens (primary N) is 1. The van der Waals surface area contributed by atoms with Crippen molar-refractivity contribution in [2.24, 2.45) is 11.7 Å². The molecule has 3 heteroatoms. The lowest BCUT2D eigenvalue weighted by molar-refractivity contribution is 0.00561. The molecule has 1 fully saturated rings. The molecule has 3 unspecified atom stereocenters. The number of halogens is 1. The van der Waals surface area contributed by atoms with Crippen molar-refractivity contribution in [3.8, 4) is 0 Å². The molecule has 0 spiro atoms. The Morgan fingerprint density at radius 2 is 2.05 bits per heavy atom. The topological polar surface area (TPSA) is 35.2 Å². The van der Waals surface area contributed by atoms with E-state index in [0.717, 1.165) is 24.3 Å². The Morgan fingerprint density at radius 1 is 1.32 bits per heavy atom. The smallest absolute Gasteiger partial charge is 0.123 e. The molecule has 0 saturated heterocycles. The van der Waals surface area contributed by atoms with Gasteiger partial charge in [-0.1, -0.05) is 38.3 Å². The van der Waals surface area contributed by atoms with E-state index in [1.165, 1.54) is 31.4 Å². The first kappa shape index (κ1) is 14.5. The zero-order chi connectivity index (χ0) is 13.7. The summed E-state index contributed by atoms with van der Waals surface area (Å²) in [5.41, 5.74) is 7.02. The Kier molecular flexibility index (Phi) is 5.34. The minimum Gasteiger partial charge on any atom is -0.376 e. The fourth-order valence-electron chi connectivity index (χ4n) is 2.81. The molecule has 1 aliphatic carbocycles. The van der Waals surface area contributed by atoms with E-state index in [4.69, 9.17) is 10.5 Å². The van der Waals surface area contributed by atoms with Gasteiger partial charge in [0.15, 0.2) is 0 Å². The Labute approximate surface area is 115 Å². The predicted octanol–water partition coefficient (Wildman–Crippen LogP) is 3.81. The molecule has 2 nitrogen and oxygen atoms in total. The van der Waals surface area contributed by atoms with Crippen molar-refractivity contribution in [1.29, 1.82) is 0 Å². The van der Waals surface area contributed by atoms with Crippen LogP contribution in [-0.4, -0.2) is 12.7 Å². The van der Waals surface area contributed by atoms with Gasteiger partial charge in [0.05, 0.1) is 18.8 Å². The number of benzene rings is 1. The van der Waals surface area contributed by atoms with Crippen molar-refractivity contribution < 1.29 is 9.13 Å². The van der Waals surface area contributed by atoms with Crippen molar-refractivity contribution in [3.05, 3.63) is 35.6 Å². The SMILES string of the molecule is CCC1CCCC(OCC(N)c2ccc(F)cc2)C1. The third kappa shape index (κ3) is 4.29. The number of ether oxygens (including phenoxy) is 1. The van der Waals surface area contributed by atoms with Crippen LogP contribution in [0.15, 0.2) is 24.3 Å². The summed E-state index contributed by atoms with van der Waals surface area (Å²) in [6.45, 7) is 2.77. The van der Waals surface area contributed by atoms with E-state index in [1.54, 1.807) is 12.1 Å². The molecule has 0 radical (unpaired) electrons. The first-order chi connectivity index (χ1) is 9.19. The highest BCUT2D eigenvalue weighted by molar-refractivity contribution is 5.19. The Balaban J connectivity index is 1.79. The molecule has 0 aromatic heterocycles. The molecular weight excluding hydrogens is 241 g/mol. The van der Waals surface area contributed by atoms with Crippen LogP contribution in [0, 0.1) is 11.7 Å². The molecule has 19 heavy (non-hydrogen) atoms. The second-order valence-electron chi connectivity index (χ2n) is 5.55. The Morgan fingerprint density at radius 3 is 2.74 bits per heavy atom. The van der Waals surface area contributed by atoms with E-state index in [-0.39, 0.29) is 11.9 Å². The molecule has 0 bridgehead atoms. The van der Waals surface area contributed by atoms with Crippen molar-refractivity contribution in [1.82, 2.24) is 0 Å². The van der Waals surface area contributed by atoms with Gasteiger partial charge in [-0.3, -0.25) is 0 Å². The van der Waals surface area contributed by atoms with Crippen LogP contribution in [0.4, 0.5) is 4.39 Å². The summed E-state index contributed by atoms with van der Waals surface area (Å²) >= 11 is 0. The van der Waals surface area contributed by atoms with Gasteiger partial charge in [-0.05, 0) is 36.5 Å². The second kappa shape index (κ2) is 7.01. The molecular formula is C16H24FNO. The van der Waals surface area contributed by atoms with Crippen molar-refractivity contribution in [3.63, 3.8) is 0 Å². The predicted molar refractivity (Wildman–Crippen MR) is 75.3 cm³/mol. The third-order valence-electron chi connectivity index (χ3n) is 4.12. The Bertz CT molecular complexity index is 379. The lowest BCUT2D eigenvalue weighted by Gasteiger charge is -2.29. The lowest BCUT2D eigenvalue weighted by atomic mass is 9.85. The van der Waals surface area contributed by atoms with E-state index in [1.807, 2.05) is 0 Å². The van der Waals surface area contributed by atoms with Gasteiger partial charge in [0.25, 0.3) is 0 Å². The van der Waals surface area contributed by atoms with E-state index in [9.17, 15) is 4.39 Å². The van der Waals surface area contributed by atoms with Crippen molar-refractivity contribution in [2.75, 3.05) is 6.61 Å². The van der Waals surface area contributed by atoms with Gasteiger partial charge in [0.1, 0.15) is 5.82 Å². The molecule has 0 heterocycles. The molecule has 2 rings (SSSR count). The second-order valence-corrected chi connectivity index (χ2v) is 5.55. The summed E-state index contributed by atoms with van der Waals surface area (Å²) in [4.78, 5) is 0. The minimum atomic E-state index is -0.227. The van der Waals surface area contributed by atoms with Gasteiger partial charge in [-0.25, -0.2) is 4.39 Å². The van der Waals surface area contributed by atoms with Crippen LogP contribution in [0.5, 0.6) is 0 Å². The van der Waals surface area contributed by atoms with Crippen LogP contribution in [0.2, 0.25) is 0 Å². The summed E-state index contributed by atoms with van der Waals surface area (Å²) < 4.78 is 18.8. The van der Waals surface area contributed by atoms with Gasteiger partial charge in [0.2, 0.25) is 0 Å². The zero-order valence-electron chi connectivity index (χ0n) is 11.6. The monoisotopic (exact) mass is 265 g/mol. The average molecular weight is 265 g/mol. The summed E-state index contributed by atoms with van der Waals surface area (Å²) in [5, 5.41) is 0. The summed E-state index contributed by atoms with van der Waals surface area (Å²) in [6, 6.07) is 6.20. The van der Waals surface area contributed by atoms with Crippen LogP contribution in [0.3, 0.4) is 0 Å². The molecule has 0 amide bonds. The number of hydrogen-bond donors (Lipinski definition) is 1. The molecule has 1 saturated carbocycles. The van der Waals surface area contributed by atoms with Gasteiger partial charge < -0.3 is 10.5 Å². The first-order valence-corrected chi connectivity index (χ1v) is 7.31.